The van der Waals surface area contributed by atoms with Gasteiger partial charge in [0.2, 0.25) is 0 Å². The average molecular weight is 497 g/mol. The Kier molecular flexibility index (Phi) is 5.92. The highest BCUT2D eigenvalue weighted by Crippen LogP contribution is 2.42. The van der Waals surface area contributed by atoms with Gasteiger partial charge in [-0.15, -0.1) is 22.7 Å². The van der Waals surface area contributed by atoms with Crippen LogP contribution in [-0.2, 0) is 25.7 Å². The second-order valence-corrected chi connectivity index (χ2v) is 12.8. The van der Waals surface area contributed by atoms with Crippen molar-refractivity contribution in [1.29, 1.82) is 0 Å². The largest absolute Gasteiger partial charge is 0.397 e. The molecule has 6 nitrogen and oxygen atoms in total. The molecule has 0 saturated heterocycles. The van der Waals surface area contributed by atoms with Crippen LogP contribution in [0.15, 0.2) is 6.07 Å². The van der Waals surface area contributed by atoms with E-state index in [-0.39, 0.29) is 11.3 Å². The van der Waals surface area contributed by atoms with E-state index in [2.05, 4.69) is 32.2 Å². The molecule has 1 unspecified atom stereocenters. The van der Waals surface area contributed by atoms with Gasteiger partial charge in [0.1, 0.15) is 14.7 Å². The number of thiophene rings is 2. The number of nitrogen functional groups attached to an aromatic ring is 1. The van der Waals surface area contributed by atoms with Gasteiger partial charge in [0.05, 0.1) is 11.3 Å². The Bertz CT molecular complexity index is 1300. The van der Waals surface area contributed by atoms with E-state index < -0.39 is 5.91 Å². The number of pyridine rings is 1. The highest BCUT2D eigenvalue weighted by molar-refractivity contribution is 7.21. The molecule has 2 aliphatic rings. The monoisotopic (exact) mass is 496 g/mol. The fraction of sp³-hybridized carbons (Fsp3) is 0.500. The summed E-state index contributed by atoms with van der Waals surface area (Å²) in [6.45, 7) is 6.88. The molecule has 5 rings (SSSR count). The summed E-state index contributed by atoms with van der Waals surface area (Å²) < 4.78 is 0. The average Bonchev–Trinajstić information content (AvgIpc) is 3.18. The van der Waals surface area contributed by atoms with Crippen molar-refractivity contribution in [2.24, 2.45) is 17.1 Å². The second kappa shape index (κ2) is 8.64. The third kappa shape index (κ3) is 4.11. The first kappa shape index (κ1) is 23.3. The van der Waals surface area contributed by atoms with Gasteiger partial charge in [-0.1, -0.05) is 27.2 Å². The Morgan fingerprint density at radius 1 is 1.12 bits per heavy atom. The van der Waals surface area contributed by atoms with Gasteiger partial charge in [-0.2, -0.15) is 0 Å². The standard InChI is InChI=1S/C26H32N4O2S2/c1-26(2,3)14-9-10-17-13(11-14)12-16-20(27)21(34-24(16)29-17)23(32)30-25-19(22(28)31)15-7-5-4-6-8-18(15)33-25/h12,14H,4-11,27H2,1-3H3,(H2,28,31)(H,30,32). The van der Waals surface area contributed by atoms with Crippen molar-refractivity contribution >= 4 is 55.4 Å². The number of fused-ring (bicyclic) bond motifs is 3. The van der Waals surface area contributed by atoms with E-state index in [4.69, 9.17) is 16.5 Å². The van der Waals surface area contributed by atoms with Crippen LogP contribution in [-0.4, -0.2) is 16.8 Å². The Hall–Kier alpha value is -2.45. The summed E-state index contributed by atoms with van der Waals surface area (Å²) in [6, 6.07) is 2.14. The summed E-state index contributed by atoms with van der Waals surface area (Å²) in [5.41, 5.74) is 16.8. The SMILES string of the molecule is CC(C)(C)C1CCc2nc3sc(C(=O)Nc4sc5c(c4C(N)=O)CCCCC5)c(N)c3cc2C1. The molecule has 0 spiro atoms. The van der Waals surface area contributed by atoms with Gasteiger partial charge in [-0.05, 0) is 73.5 Å². The van der Waals surface area contributed by atoms with E-state index in [9.17, 15) is 9.59 Å². The van der Waals surface area contributed by atoms with Crippen LogP contribution in [0.3, 0.4) is 0 Å². The quantitative estimate of drug-likeness (QED) is 0.403. The molecular weight excluding hydrogens is 464 g/mol. The molecule has 180 valence electrons. The normalized spacial score (nSPS) is 18.3. The molecule has 0 radical (unpaired) electrons. The van der Waals surface area contributed by atoms with Crippen molar-refractivity contribution in [2.75, 3.05) is 11.1 Å². The van der Waals surface area contributed by atoms with Crippen molar-refractivity contribution < 1.29 is 9.59 Å². The van der Waals surface area contributed by atoms with Gasteiger partial charge in [0, 0.05) is 16.0 Å². The molecule has 3 aromatic heterocycles. The lowest BCUT2D eigenvalue weighted by molar-refractivity contribution is 0.100. The van der Waals surface area contributed by atoms with E-state index >= 15 is 0 Å². The highest BCUT2D eigenvalue weighted by atomic mass is 32.1. The highest BCUT2D eigenvalue weighted by Gasteiger charge is 2.31. The van der Waals surface area contributed by atoms with Crippen LogP contribution in [0.4, 0.5) is 10.7 Å². The first-order chi connectivity index (χ1) is 16.1. The van der Waals surface area contributed by atoms with E-state index in [1.165, 1.54) is 28.2 Å². The van der Waals surface area contributed by atoms with Gasteiger partial charge in [-0.25, -0.2) is 4.98 Å². The molecule has 1 atom stereocenters. The van der Waals surface area contributed by atoms with Crippen molar-refractivity contribution in [1.82, 2.24) is 4.98 Å². The van der Waals surface area contributed by atoms with Crippen LogP contribution in [0.25, 0.3) is 10.2 Å². The fourth-order valence-corrected chi connectivity index (χ4v) is 7.63. The molecule has 0 saturated carbocycles. The van der Waals surface area contributed by atoms with Crippen LogP contribution in [0.1, 0.15) is 88.2 Å². The number of hydrogen-bond acceptors (Lipinski definition) is 6. The van der Waals surface area contributed by atoms with Gasteiger partial charge in [-0.3, -0.25) is 9.59 Å². The van der Waals surface area contributed by atoms with Crippen LogP contribution in [0.2, 0.25) is 0 Å². The predicted molar refractivity (Wildman–Crippen MR) is 141 cm³/mol. The number of primary amides is 1. The first-order valence-electron chi connectivity index (χ1n) is 12.1. The Morgan fingerprint density at radius 2 is 1.88 bits per heavy atom. The molecule has 2 aliphatic carbocycles. The summed E-state index contributed by atoms with van der Waals surface area (Å²) in [7, 11) is 0. The summed E-state index contributed by atoms with van der Waals surface area (Å²) in [4.78, 5) is 32.9. The Labute approximate surface area is 208 Å². The molecule has 8 heteroatoms. The molecule has 3 aromatic rings. The van der Waals surface area contributed by atoms with Crippen LogP contribution in [0, 0.1) is 11.3 Å². The summed E-state index contributed by atoms with van der Waals surface area (Å²) in [6.07, 6.45) is 8.09. The topological polar surface area (TPSA) is 111 Å². The maximum absolute atomic E-state index is 13.3. The predicted octanol–water partition coefficient (Wildman–Crippen LogP) is 5.71. The maximum Gasteiger partial charge on any atom is 0.268 e. The van der Waals surface area contributed by atoms with Crippen LogP contribution in [0.5, 0.6) is 0 Å². The molecule has 0 fully saturated rings. The smallest absolute Gasteiger partial charge is 0.268 e. The number of nitrogens with two attached hydrogens (primary N) is 2. The second-order valence-electron chi connectivity index (χ2n) is 10.7. The fourth-order valence-electron chi connectivity index (χ4n) is 5.35. The number of rotatable bonds is 3. The molecule has 2 amide bonds. The molecule has 5 N–H and O–H groups in total. The van der Waals surface area contributed by atoms with E-state index in [0.29, 0.717) is 27.0 Å². The number of aryl methyl sites for hydroxylation is 2. The van der Waals surface area contributed by atoms with Gasteiger partial charge in [0.15, 0.2) is 0 Å². The number of nitrogens with one attached hydrogen (secondary N) is 1. The number of hydrogen-bond donors (Lipinski definition) is 3. The third-order valence-corrected chi connectivity index (χ3v) is 9.73. The van der Waals surface area contributed by atoms with E-state index in [0.717, 1.165) is 77.7 Å². The van der Waals surface area contributed by atoms with Crippen molar-refractivity contribution in [3.8, 4) is 0 Å². The number of nitrogens with zero attached hydrogens (tertiary/aromatic N) is 1. The number of anilines is 2. The zero-order valence-corrected chi connectivity index (χ0v) is 21.7. The minimum Gasteiger partial charge on any atom is -0.397 e. The van der Waals surface area contributed by atoms with Gasteiger partial charge >= 0.3 is 0 Å². The lowest BCUT2D eigenvalue weighted by Crippen LogP contribution is -2.27. The van der Waals surface area contributed by atoms with E-state index in [1.54, 1.807) is 0 Å². The number of amides is 2. The maximum atomic E-state index is 13.3. The zero-order chi connectivity index (χ0) is 24.2. The van der Waals surface area contributed by atoms with Gasteiger partial charge < -0.3 is 16.8 Å². The molecule has 34 heavy (non-hydrogen) atoms. The van der Waals surface area contributed by atoms with E-state index in [1.807, 2.05) is 0 Å². The van der Waals surface area contributed by atoms with Gasteiger partial charge in [0.25, 0.3) is 11.8 Å². The van der Waals surface area contributed by atoms with Crippen LogP contribution < -0.4 is 16.8 Å². The summed E-state index contributed by atoms with van der Waals surface area (Å²) in [5.74, 6) is -0.185. The lowest BCUT2D eigenvalue weighted by atomic mass is 9.71. The molecule has 0 aromatic carbocycles. The third-order valence-electron chi connectivity index (χ3n) is 7.41. The number of aromatic nitrogens is 1. The minimum atomic E-state index is -0.484. The Morgan fingerprint density at radius 3 is 2.62 bits per heavy atom. The van der Waals surface area contributed by atoms with Crippen molar-refractivity contribution in [3.63, 3.8) is 0 Å². The lowest BCUT2D eigenvalue weighted by Gasteiger charge is -2.34. The van der Waals surface area contributed by atoms with Crippen LogP contribution >= 0.6 is 22.7 Å². The van der Waals surface area contributed by atoms with Crippen molar-refractivity contribution in [2.45, 2.75) is 72.1 Å². The van der Waals surface area contributed by atoms with Crippen molar-refractivity contribution in [3.05, 3.63) is 38.2 Å². The first-order valence-corrected chi connectivity index (χ1v) is 13.7. The Balaban J connectivity index is 1.47. The molecule has 3 heterocycles. The molecule has 0 aliphatic heterocycles. The minimum absolute atomic E-state index is 0.245. The molecular formula is C26H32N4O2S2. The summed E-state index contributed by atoms with van der Waals surface area (Å²) in [5, 5.41) is 4.36. The zero-order valence-electron chi connectivity index (χ0n) is 20.0. The number of carbonyl (C=O) groups is 2. The molecule has 0 bridgehead atoms. The summed E-state index contributed by atoms with van der Waals surface area (Å²) >= 11 is 2.80. The number of carbonyl (C=O) groups excluding carboxylic acids is 2.